The van der Waals surface area contributed by atoms with Gasteiger partial charge in [-0.2, -0.15) is 31.4 Å². The standard InChI is InChI=1S/C25H18F6N4O2S2/c1-15-2-4-16(5-3-15)21-14-22(25(29,30)31)33-35(21)19-10-12-20(13-11-19)39(36,37)34-23(38)32-18-8-6-17(7-9-18)24(26,27)28/h2-14H,1H3,(H2,32,34,38). The highest BCUT2D eigenvalue weighted by molar-refractivity contribution is 7.92. The molecule has 3 aromatic carbocycles. The van der Waals surface area contributed by atoms with Crippen LogP contribution >= 0.6 is 12.2 Å². The Bertz CT molecular complexity index is 1600. The van der Waals surface area contributed by atoms with E-state index in [1.54, 1.807) is 24.3 Å². The zero-order chi connectivity index (χ0) is 28.6. The summed E-state index contributed by atoms with van der Waals surface area (Å²) in [5.41, 5.74) is -0.173. The number of alkyl halides is 6. The molecule has 2 N–H and O–H groups in total. The van der Waals surface area contributed by atoms with Crippen molar-refractivity contribution in [3.63, 3.8) is 0 Å². The fraction of sp³-hybridized carbons (Fsp3) is 0.120. The number of hydrogen-bond acceptors (Lipinski definition) is 4. The van der Waals surface area contributed by atoms with E-state index in [0.29, 0.717) is 5.56 Å². The van der Waals surface area contributed by atoms with Gasteiger partial charge in [-0.25, -0.2) is 13.1 Å². The molecule has 0 aliphatic carbocycles. The highest BCUT2D eigenvalue weighted by Crippen LogP contribution is 2.33. The second kappa shape index (κ2) is 10.3. The maximum absolute atomic E-state index is 13.4. The first kappa shape index (κ1) is 28.1. The van der Waals surface area contributed by atoms with E-state index >= 15 is 0 Å². The van der Waals surface area contributed by atoms with Crippen LogP contribution in [0.3, 0.4) is 0 Å². The molecule has 39 heavy (non-hydrogen) atoms. The monoisotopic (exact) mass is 584 g/mol. The van der Waals surface area contributed by atoms with Gasteiger partial charge in [-0.3, -0.25) is 4.72 Å². The van der Waals surface area contributed by atoms with Gasteiger partial charge < -0.3 is 5.32 Å². The van der Waals surface area contributed by atoms with E-state index < -0.39 is 38.7 Å². The first-order valence-corrected chi connectivity index (χ1v) is 12.9. The van der Waals surface area contributed by atoms with E-state index in [-0.39, 0.29) is 22.0 Å². The van der Waals surface area contributed by atoms with Crippen molar-refractivity contribution in [2.45, 2.75) is 24.2 Å². The van der Waals surface area contributed by atoms with Crippen molar-refractivity contribution in [2.24, 2.45) is 0 Å². The summed E-state index contributed by atoms with van der Waals surface area (Å²) >= 11 is 4.97. The Balaban J connectivity index is 1.55. The van der Waals surface area contributed by atoms with E-state index in [2.05, 4.69) is 15.1 Å². The number of nitrogens with one attached hydrogen (secondary N) is 2. The van der Waals surface area contributed by atoms with Crippen molar-refractivity contribution in [3.05, 3.63) is 95.7 Å². The van der Waals surface area contributed by atoms with Crippen molar-refractivity contribution >= 4 is 33.0 Å². The number of sulfonamides is 1. The number of nitrogens with zero attached hydrogens (tertiary/aromatic N) is 2. The molecule has 0 unspecified atom stereocenters. The maximum atomic E-state index is 13.4. The Morgan fingerprint density at radius 2 is 1.44 bits per heavy atom. The summed E-state index contributed by atoms with van der Waals surface area (Å²) in [4.78, 5) is -0.261. The molecule has 0 spiro atoms. The molecule has 0 atom stereocenters. The van der Waals surface area contributed by atoms with Crippen LogP contribution in [0.15, 0.2) is 83.8 Å². The molecular formula is C25H18F6N4O2S2. The van der Waals surface area contributed by atoms with E-state index in [0.717, 1.165) is 52.7 Å². The van der Waals surface area contributed by atoms with Gasteiger partial charge >= 0.3 is 12.4 Å². The maximum Gasteiger partial charge on any atom is 0.435 e. The number of aryl methyl sites for hydroxylation is 1. The van der Waals surface area contributed by atoms with Gasteiger partial charge in [0.05, 0.1) is 21.8 Å². The predicted molar refractivity (Wildman–Crippen MR) is 137 cm³/mol. The molecular weight excluding hydrogens is 566 g/mol. The normalized spacial score (nSPS) is 12.3. The minimum atomic E-state index is -4.70. The lowest BCUT2D eigenvalue weighted by Crippen LogP contribution is -2.34. The highest BCUT2D eigenvalue weighted by Gasteiger charge is 2.35. The number of anilines is 1. The summed E-state index contributed by atoms with van der Waals surface area (Å²) in [6.07, 6.45) is -9.23. The van der Waals surface area contributed by atoms with Crippen LogP contribution in [0.4, 0.5) is 32.0 Å². The van der Waals surface area contributed by atoms with Gasteiger partial charge in [0.2, 0.25) is 0 Å². The fourth-order valence-corrected chi connectivity index (χ4v) is 4.85. The van der Waals surface area contributed by atoms with Crippen LogP contribution < -0.4 is 10.0 Å². The van der Waals surface area contributed by atoms with E-state index in [4.69, 9.17) is 12.2 Å². The molecule has 4 aromatic rings. The molecule has 0 aliphatic rings. The second-order valence-corrected chi connectivity index (χ2v) is 10.4. The average Bonchev–Trinajstić information content (AvgIpc) is 3.30. The van der Waals surface area contributed by atoms with E-state index in [1.165, 1.54) is 12.1 Å². The van der Waals surface area contributed by atoms with Crippen LogP contribution in [0.2, 0.25) is 0 Å². The van der Waals surface area contributed by atoms with E-state index in [1.807, 2.05) is 6.92 Å². The number of rotatable bonds is 5. The van der Waals surface area contributed by atoms with Crippen molar-refractivity contribution < 1.29 is 34.8 Å². The highest BCUT2D eigenvalue weighted by atomic mass is 32.2. The van der Waals surface area contributed by atoms with Gasteiger partial charge in [-0.05, 0) is 73.7 Å². The Hall–Kier alpha value is -3.91. The molecule has 14 heteroatoms. The number of thiocarbonyl (C=S) groups is 1. The molecule has 0 bridgehead atoms. The molecule has 0 saturated carbocycles. The third kappa shape index (κ3) is 6.57. The SMILES string of the molecule is Cc1ccc(-c2cc(C(F)(F)F)nn2-c2ccc(S(=O)(=O)NC(=S)Nc3ccc(C(F)(F)F)cc3)cc2)cc1. The lowest BCUT2D eigenvalue weighted by Gasteiger charge is -2.13. The number of halogens is 6. The third-order valence-electron chi connectivity index (χ3n) is 5.44. The summed E-state index contributed by atoms with van der Waals surface area (Å²) in [6.45, 7) is 1.83. The fourth-order valence-electron chi connectivity index (χ4n) is 3.49. The second-order valence-electron chi connectivity index (χ2n) is 8.32. The lowest BCUT2D eigenvalue weighted by molar-refractivity contribution is -0.141. The van der Waals surface area contributed by atoms with Crippen LogP contribution in [0, 0.1) is 6.92 Å². The zero-order valence-corrected chi connectivity index (χ0v) is 21.4. The minimum absolute atomic E-state index is 0.119. The molecule has 0 aliphatic heterocycles. The van der Waals surface area contributed by atoms with Gasteiger partial charge in [0.15, 0.2) is 10.8 Å². The molecule has 1 aromatic heterocycles. The summed E-state index contributed by atoms with van der Waals surface area (Å²) in [6, 6.07) is 16.4. The predicted octanol–water partition coefficient (Wildman–Crippen LogP) is 6.56. The van der Waals surface area contributed by atoms with Crippen LogP contribution in [0.25, 0.3) is 16.9 Å². The van der Waals surface area contributed by atoms with Crippen molar-refractivity contribution in [2.75, 3.05) is 5.32 Å². The Labute approximate surface area is 224 Å². The molecule has 1 heterocycles. The summed E-state index contributed by atoms with van der Waals surface area (Å²) in [5.74, 6) is 0. The van der Waals surface area contributed by atoms with Gasteiger partial charge in [-0.15, -0.1) is 0 Å². The van der Waals surface area contributed by atoms with Crippen molar-refractivity contribution in [1.29, 1.82) is 0 Å². The first-order chi connectivity index (χ1) is 18.1. The van der Waals surface area contributed by atoms with Gasteiger partial charge in [-0.1, -0.05) is 29.8 Å². The molecule has 0 fully saturated rings. The smallest absolute Gasteiger partial charge is 0.332 e. The minimum Gasteiger partial charge on any atom is -0.332 e. The van der Waals surface area contributed by atoms with Gasteiger partial charge in [0, 0.05) is 11.3 Å². The average molecular weight is 585 g/mol. The lowest BCUT2D eigenvalue weighted by atomic mass is 10.1. The number of hydrogen-bond donors (Lipinski definition) is 2. The molecule has 0 amide bonds. The number of benzene rings is 3. The quantitative estimate of drug-likeness (QED) is 0.205. The molecule has 6 nitrogen and oxygen atoms in total. The largest absolute Gasteiger partial charge is 0.435 e. The molecule has 0 radical (unpaired) electrons. The summed E-state index contributed by atoms with van der Waals surface area (Å²) in [5, 5.41) is 5.77. The first-order valence-electron chi connectivity index (χ1n) is 11.0. The van der Waals surface area contributed by atoms with Crippen molar-refractivity contribution in [1.82, 2.24) is 14.5 Å². The zero-order valence-electron chi connectivity index (χ0n) is 19.8. The Morgan fingerprint density at radius 1 is 0.846 bits per heavy atom. The summed E-state index contributed by atoms with van der Waals surface area (Å²) in [7, 11) is -4.24. The van der Waals surface area contributed by atoms with Gasteiger partial charge in [0.1, 0.15) is 0 Å². The molecule has 0 saturated heterocycles. The third-order valence-corrected chi connectivity index (χ3v) is 7.13. The topological polar surface area (TPSA) is 76.0 Å². The Kier molecular flexibility index (Phi) is 7.45. The molecule has 204 valence electrons. The van der Waals surface area contributed by atoms with E-state index in [9.17, 15) is 34.8 Å². The van der Waals surface area contributed by atoms with Crippen LogP contribution in [0.1, 0.15) is 16.8 Å². The Morgan fingerprint density at radius 3 is 1.97 bits per heavy atom. The van der Waals surface area contributed by atoms with Crippen LogP contribution in [-0.2, 0) is 22.4 Å². The van der Waals surface area contributed by atoms with Gasteiger partial charge in [0.25, 0.3) is 10.0 Å². The molecule has 4 rings (SSSR count). The number of aromatic nitrogens is 2. The van der Waals surface area contributed by atoms with Crippen molar-refractivity contribution in [3.8, 4) is 16.9 Å². The van der Waals surface area contributed by atoms with Crippen LogP contribution in [0.5, 0.6) is 0 Å². The summed E-state index contributed by atoms with van der Waals surface area (Å²) < 4.78 is 107. The van der Waals surface area contributed by atoms with Crippen LogP contribution in [-0.4, -0.2) is 23.3 Å².